The molecule has 0 aromatic rings. The fraction of sp³-hybridized carbons (Fsp3) is 0.556. The Balaban J connectivity index is 1.67. The summed E-state index contributed by atoms with van der Waals surface area (Å²) < 4.78 is 0. The van der Waals surface area contributed by atoms with Crippen molar-refractivity contribution in [3.05, 3.63) is 72.4 Å². The second-order valence-electron chi connectivity index (χ2n) is 8.58. The molecule has 0 aromatic heterocycles. The first-order chi connectivity index (χ1) is 13.4. The smallest absolute Gasteiger partial charge is 0.0131 e. The van der Waals surface area contributed by atoms with Crippen LogP contribution in [0, 0.1) is 17.8 Å². The van der Waals surface area contributed by atoms with Gasteiger partial charge < -0.3 is 0 Å². The van der Waals surface area contributed by atoms with Crippen molar-refractivity contribution in [3.63, 3.8) is 0 Å². The van der Waals surface area contributed by atoms with Gasteiger partial charge in [0, 0.05) is 0 Å². The zero-order valence-electron chi connectivity index (χ0n) is 17.1. The van der Waals surface area contributed by atoms with Gasteiger partial charge in [0.05, 0.1) is 0 Å². The highest BCUT2D eigenvalue weighted by Crippen LogP contribution is 2.47. The van der Waals surface area contributed by atoms with E-state index in [0.29, 0.717) is 0 Å². The van der Waals surface area contributed by atoms with Crippen molar-refractivity contribution >= 4 is 0 Å². The van der Waals surface area contributed by atoms with Crippen molar-refractivity contribution in [2.75, 3.05) is 0 Å². The summed E-state index contributed by atoms with van der Waals surface area (Å²) >= 11 is 0. The van der Waals surface area contributed by atoms with Gasteiger partial charge in [-0.25, -0.2) is 0 Å². The third kappa shape index (κ3) is 6.83. The summed E-state index contributed by atoms with van der Waals surface area (Å²) in [6.45, 7) is 0. The van der Waals surface area contributed by atoms with Crippen LogP contribution in [-0.2, 0) is 0 Å². The fourth-order valence-corrected chi connectivity index (χ4v) is 5.04. The molecule has 3 aliphatic rings. The van der Waals surface area contributed by atoms with E-state index < -0.39 is 0 Å². The molecule has 146 valence electrons. The fourth-order valence-electron chi connectivity index (χ4n) is 5.04. The van der Waals surface area contributed by atoms with Crippen molar-refractivity contribution in [1.82, 2.24) is 0 Å². The molecule has 2 fully saturated rings. The molecule has 0 heteroatoms. The van der Waals surface area contributed by atoms with Gasteiger partial charge in [-0.2, -0.15) is 0 Å². The maximum absolute atomic E-state index is 2.36. The highest BCUT2D eigenvalue weighted by molar-refractivity contribution is 5.33. The molecule has 0 aliphatic heterocycles. The van der Waals surface area contributed by atoms with E-state index in [1.165, 1.54) is 77.0 Å². The lowest BCUT2D eigenvalue weighted by Crippen LogP contribution is -2.33. The van der Waals surface area contributed by atoms with Crippen LogP contribution in [0.15, 0.2) is 72.4 Å². The third-order valence-corrected chi connectivity index (χ3v) is 6.73. The van der Waals surface area contributed by atoms with Crippen LogP contribution in [0.4, 0.5) is 0 Å². The lowest BCUT2D eigenvalue weighted by Gasteiger charge is -2.43. The maximum Gasteiger partial charge on any atom is -0.0131 e. The molecule has 3 rings (SSSR count). The van der Waals surface area contributed by atoms with E-state index in [9.17, 15) is 0 Å². The number of hydrogen-bond acceptors (Lipinski definition) is 0. The van der Waals surface area contributed by atoms with E-state index >= 15 is 0 Å². The van der Waals surface area contributed by atoms with Crippen LogP contribution in [0.2, 0.25) is 0 Å². The molecular formula is C27H38. The summed E-state index contributed by atoms with van der Waals surface area (Å²) in [4.78, 5) is 0. The summed E-state index contributed by atoms with van der Waals surface area (Å²) in [5, 5.41) is 0. The second kappa shape index (κ2) is 12.0. The highest BCUT2D eigenvalue weighted by Gasteiger charge is 2.37. The highest BCUT2D eigenvalue weighted by atomic mass is 14.4. The van der Waals surface area contributed by atoms with Gasteiger partial charge in [0.15, 0.2) is 0 Å². The monoisotopic (exact) mass is 362 g/mol. The largest absolute Gasteiger partial charge is 0.0623 e. The second-order valence-corrected chi connectivity index (χ2v) is 8.58. The Labute approximate surface area is 167 Å². The van der Waals surface area contributed by atoms with Crippen molar-refractivity contribution in [2.45, 2.75) is 77.0 Å². The minimum Gasteiger partial charge on any atom is -0.0623 e. The molecule has 0 aromatic carbocycles. The zero-order chi connectivity index (χ0) is 18.6. The molecule has 27 heavy (non-hydrogen) atoms. The van der Waals surface area contributed by atoms with E-state index in [1.54, 1.807) is 5.57 Å². The van der Waals surface area contributed by atoms with Gasteiger partial charge in [0.25, 0.3) is 0 Å². The van der Waals surface area contributed by atoms with E-state index in [4.69, 9.17) is 0 Å². The Morgan fingerprint density at radius 1 is 0.481 bits per heavy atom. The van der Waals surface area contributed by atoms with Crippen molar-refractivity contribution in [2.24, 2.45) is 17.8 Å². The Hall–Kier alpha value is -1.56. The number of allylic oxidation sites excluding steroid dienone is 12. The first kappa shape index (κ1) is 20.2. The average molecular weight is 363 g/mol. The summed E-state index contributed by atoms with van der Waals surface area (Å²) in [7, 11) is 0. The Bertz CT molecular complexity index is 584. The van der Waals surface area contributed by atoms with Crippen LogP contribution in [0.3, 0.4) is 0 Å². The lowest BCUT2D eigenvalue weighted by atomic mass is 9.62. The molecule has 0 spiro atoms. The molecule has 0 radical (unpaired) electrons. The van der Waals surface area contributed by atoms with Crippen molar-refractivity contribution < 1.29 is 0 Å². The Morgan fingerprint density at radius 3 is 1.56 bits per heavy atom. The molecule has 0 heterocycles. The van der Waals surface area contributed by atoms with Gasteiger partial charge in [0.2, 0.25) is 0 Å². The molecule has 2 unspecified atom stereocenters. The van der Waals surface area contributed by atoms with Gasteiger partial charge >= 0.3 is 0 Å². The molecule has 0 N–H and O–H groups in total. The van der Waals surface area contributed by atoms with Crippen LogP contribution in [0.5, 0.6) is 0 Å². The van der Waals surface area contributed by atoms with Crippen LogP contribution in [-0.4, -0.2) is 0 Å². The zero-order valence-corrected chi connectivity index (χ0v) is 17.1. The average Bonchev–Trinajstić information content (AvgIpc) is 2.69. The van der Waals surface area contributed by atoms with Crippen LogP contribution < -0.4 is 0 Å². The van der Waals surface area contributed by atoms with Crippen LogP contribution in [0.25, 0.3) is 0 Å². The topological polar surface area (TPSA) is 0 Å². The van der Waals surface area contributed by atoms with Gasteiger partial charge in [-0.3, -0.25) is 0 Å². The summed E-state index contributed by atoms with van der Waals surface area (Å²) in [6.07, 6.45) is 41.5. The van der Waals surface area contributed by atoms with Crippen LogP contribution >= 0.6 is 0 Å². The summed E-state index contributed by atoms with van der Waals surface area (Å²) in [5.41, 5.74) is 1.54. The van der Waals surface area contributed by atoms with Gasteiger partial charge in [-0.05, 0) is 36.2 Å². The first-order valence-electron chi connectivity index (χ1n) is 11.5. The van der Waals surface area contributed by atoms with Crippen molar-refractivity contribution in [3.8, 4) is 0 Å². The quantitative estimate of drug-likeness (QED) is 0.463. The first-order valence-corrected chi connectivity index (χ1v) is 11.5. The normalized spacial score (nSPS) is 28.5. The molecule has 0 amide bonds. The van der Waals surface area contributed by atoms with Gasteiger partial charge in [-0.1, -0.05) is 131 Å². The van der Waals surface area contributed by atoms with E-state index in [1.807, 2.05) is 0 Å². The Kier molecular flexibility index (Phi) is 8.98. The third-order valence-electron chi connectivity index (χ3n) is 6.73. The van der Waals surface area contributed by atoms with Crippen LogP contribution in [0.1, 0.15) is 77.0 Å². The van der Waals surface area contributed by atoms with E-state index in [2.05, 4.69) is 66.8 Å². The minimum atomic E-state index is 0.775. The van der Waals surface area contributed by atoms with Gasteiger partial charge in [0.1, 0.15) is 0 Å². The summed E-state index contributed by atoms with van der Waals surface area (Å²) in [6, 6.07) is 0. The summed E-state index contributed by atoms with van der Waals surface area (Å²) in [5.74, 6) is 2.65. The number of rotatable bonds is 2. The standard InChI is InChI=1S/C27H38/c1-2-6-10-14-18-24(19-15-11-7-3-1)26-22-23-27(26)25-20-16-12-8-4-5-9-13-17-21-25/h1-3,6-7,10-11,14-15,18-19,25-27H,4-5,8-9,12-13,16-17,20-23H2. The molecule has 0 saturated heterocycles. The maximum atomic E-state index is 2.36. The molecule has 3 aliphatic carbocycles. The number of hydrogen-bond donors (Lipinski definition) is 0. The predicted molar refractivity (Wildman–Crippen MR) is 120 cm³/mol. The van der Waals surface area contributed by atoms with E-state index in [-0.39, 0.29) is 0 Å². The molecule has 2 atom stereocenters. The predicted octanol–water partition coefficient (Wildman–Crippen LogP) is 8.26. The molecule has 0 bridgehead atoms. The van der Waals surface area contributed by atoms with Gasteiger partial charge in [-0.15, -0.1) is 0 Å². The Morgan fingerprint density at radius 2 is 1.00 bits per heavy atom. The molecular weight excluding hydrogens is 324 g/mol. The minimum absolute atomic E-state index is 0.775. The SMILES string of the molecule is C1=CC=CC=CC(C2CCC2C2CCCCCCCCCC2)=CC=CC=C1. The van der Waals surface area contributed by atoms with Crippen molar-refractivity contribution in [1.29, 1.82) is 0 Å². The lowest BCUT2D eigenvalue weighted by molar-refractivity contribution is 0.117. The molecule has 2 saturated carbocycles. The molecule has 0 nitrogen and oxygen atoms in total. The van der Waals surface area contributed by atoms with E-state index in [0.717, 1.165) is 17.8 Å².